The first-order valence-electron chi connectivity index (χ1n) is 8.07. The molecule has 0 amide bonds. The van der Waals surface area contributed by atoms with Crippen LogP contribution < -0.4 is 4.74 Å². The number of nitrogens with zero attached hydrogens (tertiary/aromatic N) is 4. The quantitative estimate of drug-likeness (QED) is 0.688. The van der Waals surface area contributed by atoms with Gasteiger partial charge in [-0.25, -0.2) is 0 Å². The summed E-state index contributed by atoms with van der Waals surface area (Å²) in [5.74, 6) is 1.65. The fraction of sp³-hybridized carbons (Fsp3) is 0.167. The van der Waals surface area contributed by atoms with Crippen LogP contribution >= 0.6 is 11.8 Å². The van der Waals surface area contributed by atoms with Crippen LogP contribution in [0.2, 0.25) is 0 Å². The van der Waals surface area contributed by atoms with Crippen molar-refractivity contribution < 1.29 is 14.9 Å². The average molecular weight is 368 g/mol. The lowest BCUT2D eigenvalue weighted by molar-refractivity contribution is 0.340. The molecule has 0 fully saturated rings. The first kappa shape index (κ1) is 16.5. The molecule has 0 saturated carbocycles. The van der Waals surface area contributed by atoms with E-state index in [1.54, 1.807) is 10.7 Å². The first-order valence-corrected chi connectivity index (χ1v) is 9.06. The molecule has 8 heteroatoms. The number of thioether (sulfide) groups is 1. The van der Waals surface area contributed by atoms with Gasteiger partial charge in [-0.15, -0.1) is 10.2 Å². The maximum absolute atomic E-state index is 9.74. The molecule has 1 aliphatic heterocycles. The monoisotopic (exact) mass is 368 g/mol. The van der Waals surface area contributed by atoms with Crippen LogP contribution in [0.1, 0.15) is 12.5 Å². The average Bonchev–Trinajstić information content (AvgIpc) is 3.08. The standard InChI is InChI=1S/C18H16N4O3S/c1-2-25-13-5-3-4-12(8-13)17-19-20-18-22(17)21-14(10-26-18)11-6-7-15(23)16(24)9-11/h3-9,23-24H,2,10H2,1H3. The van der Waals surface area contributed by atoms with E-state index < -0.39 is 0 Å². The van der Waals surface area contributed by atoms with Crippen molar-refractivity contribution in [3.63, 3.8) is 0 Å². The predicted molar refractivity (Wildman–Crippen MR) is 99.1 cm³/mol. The van der Waals surface area contributed by atoms with Gasteiger partial charge >= 0.3 is 0 Å². The molecule has 132 valence electrons. The van der Waals surface area contributed by atoms with Gasteiger partial charge in [0.05, 0.1) is 12.3 Å². The lowest BCUT2D eigenvalue weighted by Gasteiger charge is -2.14. The third-order valence-electron chi connectivity index (χ3n) is 3.88. The Labute approximate surface area is 154 Å². The largest absolute Gasteiger partial charge is 0.504 e. The van der Waals surface area contributed by atoms with Crippen LogP contribution in [-0.4, -0.2) is 43.2 Å². The topological polar surface area (TPSA) is 92.8 Å². The van der Waals surface area contributed by atoms with Crippen LogP contribution in [0, 0.1) is 0 Å². The number of ether oxygens (including phenoxy) is 1. The SMILES string of the molecule is CCOc1cccc(-c2nnc3n2N=C(c2ccc(O)c(O)c2)CS3)c1. The van der Waals surface area contributed by atoms with Crippen molar-refractivity contribution in [1.82, 2.24) is 14.9 Å². The fourth-order valence-corrected chi connectivity index (χ4v) is 3.48. The summed E-state index contributed by atoms with van der Waals surface area (Å²) in [4.78, 5) is 0. The van der Waals surface area contributed by atoms with Crippen LogP contribution in [0.4, 0.5) is 0 Å². The highest BCUT2D eigenvalue weighted by molar-refractivity contribution is 7.99. The molecule has 2 aromatic carbocycles. The second-order valence-electron chi connectivity index (χ2n) is 5.62. The molecule has 1 aromatic heterocycles. The van der Waals surface area contributed by atoms with E-state index in [0.29, 0.717) is 23.3 Å². The van der Waals surface area contributed by atoms with Crippen molar-refractivity contribution in [2.45, 2.75) is 12.1 Å². The van der Waals surface area contributed by atoms with Gasteiger partial charge in [0.15, 0.2) is 17.3 Å². The minimum atomic E-state index is -0.172. The molecule has 2 heterocycles. The van der Waals surface area contributed by atoms with Crippen LogP contribution in [0.5, 0.6) is 17.2 Å². The molecular formula is C18H16N4O3S. The van der Waals surface area contributed by atoms with E-state index in [0.717, 1.165) is 22.6 Å². The normalized spacial score (nSPS) is 13.2. The molecule has 0 radical (unpaired) electrons. The van der Waals surface area contributed by atoms with Crippen molar-refractivity contribution in [3.8, 4) is 28.6 Å². The third kappa shape index (κ3) is 2.99. The zero-order valence-electron chi connectivity index (χ0n) is 14.0. The van der Waals surface area contributed by atoms with Crippen LogP contribution in [0.3, 0.4) is 0 Å². The first-order chi connectivity index (χ1) is 12.7. The van der Waals surface area contributed by atoms with Gasteiger partial charge in [0.2, 0.25) is 5.16 Å². The van der Waals surface area contributed by atoms with Gasteiger partial charge in [-0.3, -0.25) is 0 Å². The van der Waals surface area contributed by atoms with E-state index >= 15 is 0 Å². The maximum atomic E-state index is 9.74. The molecule has 0 saturated heterocycles. The summed E-state index contributed by atoms with van der Waals surface area (Å²) in [7, 11) is 0. The summed E-state index contributed by atoms with van der Waals surface area (Å²) in [5, 5.41) is 33.1. The van der Waals surface area contributed by atoms with Crippen LogP contribution in [0.25, 0.3) is 11.4 Å². The fourth-order valence-electron chi connectivity index (χ4n) is 2.64. The van der Waals surface area contributed by atoms with Crippen molar-refractivity contribution >= 4 is 17.5 Å². The zero-order chi connectivity index (χ0) is 18.1. The number of rotatable bonds is 4. The lowest BCUT2D eigenvalue weighted by atomic mass is 10.1. The molecule has 0 aliphatic carbocycles. The number of benzene rings is 2. The molecule has 2 N–H and O–H groups in total. The number of aromatic hydroxyl groups is 2. The molecular weight excluding hydrogens is 352 g/mol. The minimum Gasteiger partial charge on any atom is -0.504 e. The molecule has 26 heavy (non-hydrogen) atoms. The molecule has 3 aromatic rings. The number of hydrogen-bond donors (Lipinski definition) is 2. The number of fused-ring (bicyclic) bond motifs is 1. The Kier molecular flexibility index (Phi) is 4.26. The van der Waals surface area contributed by atoms with E-state index in [1.165, 1.54) is 23.9 Å². The second-order valence-corrected chi connectivity index (χ2v) is 6.56. The highest BCUT2D eigenvalue weighted by atomic mass is 32.2. The predicted octanol–water partition coefficient (Wildman–Crippen LogP) is 3.11. The Balaban J connectivity index is 1.75. The molecule has 4 rings (SSSR count). The van der Waals surface area contributed by atoms with Crippen LogP contribution in [-0.2, 0) is 0 Å². The second kappa shape index (κ2) is 6.72. The highest BCUT2D eigenvalue weighted by Gasteiger charge is 2.21. The minimum absolute atomic E-state index is 0.156. The van der Waals surface area contributed by atoms with E-state index in [4.69, 9.17) is 4.74 Å². The van der Waals surface area contributed by atoms with Gasteiger partial charge in [-0.05, 0) is 37.3 Å². The third-order valence-corrected chi connectivity index (χ3v) is 4.81. The molecule has 0 atom stereocenters. The number of hydrogen-bond acceptors (Lipinski definition) is 7. The van der Waals surface area contributed by atoms with E-state index in [9.17, 15) is 10.2 Å². The molecule has 0 unspecified atom stereocenters. The van der Waals surface area contributed by atoms with Crippen molar-refractivity contribution in [2.24, 2.45) is 5.10 Å². The van der Waals surface area contributed by atoms with Gasteiger partial charge in [0.25, 0.3) is 0 Å². The van der Waals surface area contributed by atoms with Gasteiger partial charge in [-0.2, -0.15) is 9.78 Å². The van der Waals surface area contributed by atoms with E-state index in [2.05, 4.69) is 15.3 Å². The molecule has 1 aliphatic rings. The van der Waals surface area contributed by atoms with E-state index in [-0.39, 0.29) is 11.5 Å². The molecule has 0 bridgehead atoms. The maximum Gasteiger partial charge on any atom is 0.212 e. The van der Waals surface area contributed by atoms with Gasteiger partial charge in [-0.1, -0.05) is 23.9 Å². The summed E-state index contributed by atoms with van der Waals surface area (Å²) >= 11 is 1.51. The summed E-state index contributed by atoms with van der Waals surface area (Å²) in [5.41, 5.74) is 2.36. The Morgan fingerprint density at radius 1 is 1.08 bits per heavy atom. The number of phenolic OH excluding ortho intramolecular Hbond substituents is 2. The smallest absolute Gasteiger partial charge is 0.212 e. The Bertz CT molecular complexity index is 1000. The molecule has 7 nitrogen and oxygen atoms in total. The van der Waals surface area contributed by atoms with Crippen molar-refractivity contribution in [2.75, 3.05) is 12.4 Å². The molecule has 0 spiro atoms. The Morgan fingerprint density at radius 3 is 2.77 bits per heavy atom. The van der Waals surface area contributed by atoms with Gasteiger partial charge < -0.3 is 14.9 Å². The number of phenols is 2. The number of aromatic nitrogens is 3. The van der Waals surface area contributed by atoms with Crippen molar-refractivity contribution in [3.05, 3.63) is 48.0 Å². The zero-order valence-corrected chi connectivity index (χ0v) is 14.8. The Hall–Kier alpha value is -3.00. The van der Waals surface area contributed by atoms with Crippen LogP contribution in [0.15, 0.2) is 52.7 Å². The lowest BCUT2D eigenvalue weighted by Crippen LogP contribution is -2.13. The summed E-state index contributed by atoms with van der Waals surface area (Å²) < 4.78 is 7.25. The van der Waals surface area contributed by atoms with Crippen molar-refractivity contribution in [1.29, 1.82) is 0 Å². The van der Waals surface area contributed by atoms with E-state index in [1.807, 2.05) is 31.2 Å². The van der Waals surface area contributed by atoms with Gasteiger partial charge in [0.1, 0.15) is 5.75 Å². The Morgan fingerprint density at radius 2 is 1.96 bits per heavy atom. The van der Waals surface area contributed by atoms with Gasteiger partial charge in [0, 0.05) is 16.9 Å². The summed E-state index contributed by atoms with van der Waals surface area (Å²) in [6.45, 7) is 2.52. The summed E-state index contributed by atoms with van der Waals surface area (Å²) in [6, 6.07) is 12.3. The summed E-state index contributed by atoms with van der Waals surface area (Å²) in [6.07, 6.45) is 0. The highest BCUT2D eigenvalue weighted by Crippen LogP contribution is 2.31.